The lowest BCUT2D eigenvalue weighted by atomic mass is 9.83. The maximum Gasteiger partial charge on any atom is 0.234 e. The van der Waals surface area contributed by atoms with Crippen LogP contribution in [-0.4, -0.2) is 44.9 Å². The number of carbonyl (C=O) groups excluding carboxylic acids is 2. The molecule has 1 saturated heterocycles. The molecule has 3 atom stereocenters. The fourth-order valence-corrected chi connectivity index (χ4v) is 6.14. The number of rotatable bonds is 5. The van der Waals surface area contributed by atoms with Crippen molar-refractivity contribution in [2.24, 2.45) is 10.9 Å². The highest BCUT2D eigenvalue weighted by Gasteiger charge is 2.45. The molecule has 29 heavy (non-hydrogen) atoms. The van der Waals surface area contributed by atoms with Crippen LogP contribution in [0.1, 0.15) is 37.8 Å². The molecule has 0 radical (unpaired) electrons. The van der Waals surface area contributed by atoms with E-state index < -0.39 is 0 Å². The summed E-state index contributed by atoms with van der Waals surface area (Å²) in [6.07, 6.45) is 4.45. The van der Waals surface area contributed by atoms with Crippen LogP contribution in [0.4, 0.5) is 0 Å². The predicted molar refractivity (Wildman–Crippen MR) is 113 cm³/mol. The van der Waals surface area contributed by atoms with Crippen LogP contribution < -0.4 is 5.32 Å². The number of aliphatic imine (C=N–C) groups is 1. The summed E-state index contributed by atoms with van der Waals surface area (Å²) in [5, 5.41) is 9.73. The molecule has 0 spiro atoms. The van der Waals surface area contributed by atoms with Gasteiger partial charge in [-0.05, 0) is 24.3 Å². The lowest BCUT2D eigenvalue weighted by Gasteiger charge is -2.37. The van der Waals surface area contributed by atoms with Gasteiger partial charge in [0.15, 0.2) is 10.9 Å². The van der Waals surface area contributed by atoms with Crippen LogP contribution in [0, 0.1) is 5.92 Å². The first kappa shape index (κ1) is 18.9. The van der Waals surface area contributed by atoms with Gasteiger partial charge in [-0.1, -0.05) is 35.8 Å². The van der Waals surface area contributed by atoms with Crippen LogP contribution in [0.2, 0.25) is 0 Å². The lowest BCUT2D eigenvalue weighted by molar-refractivity contribution is -0.135. The van der Waals surface area contributed by atoms with Crippen LogP contribution in [0.3, 0.4) is 0 Å². The third-order valence-electron chi connectivity index (χ3n) is 5.75. The average molecular weight is 431 g/mol. The second kappa shape index (κ2) is 7.95. The van der Waals surface area contributed by atoms with Crippen LogP contribution in [0.25, 0.3) is 10.6 Å². The number of amides is 2. The van der Waals surface area contributed by atoms with Crippen LogP contribution in [0.15, 0.2) is 33.1 Å². The molecule has 0 bridgehead atoms. The van der Waals surface area contributed by atoms with Crippen molar-refractivity contribution in [2.45, 2.75) is 50.7 Å². The van der Waals surface area contributed by atoms with Gasteiger partial charge >= 0.3 is 0 Å². The molecule has 5 rings (SSSR count). The van der Waals surface area contributed by atoms with E-state index in [1.807, 2.05) is 23.6 Å². The summed E-state index contributed by atoms with van der Waals surface area (Å²) >= 11 is 3.18. The molecule has 152 valence electrons. The topological polar surface area (TPSA) is 87.8 Å². The predicted octanol–water partition coefficient (Wildman–Crippen LogP) is 3.28. The smallest absolute Gasteiger partial charge is 0.234 e. The van der Waals surface area contributed by atoms with E-state index in [2.05, 4.69) is 10.5 Å². The van der Waals surface area contributed by atoms with E-state index in [1.54, 1.807) is 28.0 Å². The minimum absolute atomic E-state index is 0.00237. The highest BCUT2D eigenvalue weighted by Crippen LogP contribution is 2.38. The molecule has 1 N–H and O–H groups in total. The fraction of sp³-hybridized carbons (Fsp3) is 0.500. The number of thioether (sulfide) groups is 1. The Morgan fingerprint density at radius 3 is 3.10 bits per heavy atom. The van der Waals surface area contributed by atoms with Crippen molar-refractivity contribution in [2.75, 3.05) is 5.75 Å². The fourth-order valence-electron chi connectivity index (χ4n) is 4.27. The number of thiophene rings is 1. The molecule has 9 heteroatoms. The number of aromatic nitrogens is 1. The molecule has 7 nitrogen and oxygen atoms in total. The highest BCUT2D eigenvalue weighted by atomic mass is 32.2. The zero-order valence-corrected chi connectivity index (χ0v) is 17.5. The maximum absolute atomic E-state index is 13.0. The van der Waals surface area contributed by atoms with Crippen LogP contribution >= 0.6 is 23.1 Å². The molecule has 1 aliphatic carbocycles. The summed E-state index contributed by atoms with van der Waals surface area (Å²) in [7, 11) is 0. The van der Waals surface area contributed by atoms with Gasteiger partial charge in [-0.2, -0.15) is 0 Å². The summed E-state index contributed by atoms with van der Waals surface area (Å²) in [4.78, 5) is 33.2. The number of amidine groups is 1. The average Bonchev–Trinajstić information content (AvgIpc) is 3.48. The standard InChI is InChI=1S/C20H22N4O3S2/c25-18(21-10-12-8-16(27-23-12)17-6-3-7-28-17)9-13-11-29-20-22-15-5-2-1-4-14(15)19(26)24(13)20/h3,6-8,13-15H,1-2,4-5,9-11H2,(H,21,25). The van der Waals surface area contributed by atoms with E-state index in [4.69, 9.17) is 9.52 Å². The Morgan fingerprint density at radius 1 is 1.34 bits per heavy atom. The van der Waals surface area contributed by atoms with E-state index in [-0.39, 0.29) is 36.2 Å². The molecule has 2 amide bonds. The van der Waals surface area contributed by atoms with Crippen molar-refractivity contribution in [3.63, 3.8) is 0 Å². The van der Waals surface area contributed by atoms with Gasteiger partial charge < -0.3 is 9.84 Å². The maximum atomic E-state index is 13.0. The zero-order valence-electron chi connectivity index (χ0n) is 15.9. The molecular formula is C20H22N4O3S2. The summed E-state index contributed by atoms with van der Waals surface area (Å²) in [6.45, 7) is 0.313. The van der Waals surface area contributed by atoms with E-state index in [0.29, 0.717) is 18.0 Å². The Kier molecular flexibility index (Phi) is 5.17. The highest BCUT2D eigenvalue weighted by molar-refractivity contribution is 8.14. The molecule has 3 unspecified atom stereocenters. The first-order valence-corrected chi connectivity index (χ1v) is 11.9. The van der Waals surface area contributed by atoms with Crippen molar-refractivity contribution in [3.05, 3.63) is 29.3 Å². The van der Waals surface area contributed by atoms with Gasteiger partial charge in [-0.15, -0.1) is 11.3 Å². The van der Waals surface area contributed by atoms with Crippen LogP contribution in [-0.2, 0) is 16.1 Å². The normalized spacial score (nSPS) is 26.1. The second-order valence-electron chi connectivity index (χ2n) is 7.68. The summed E-state index contributed by atoms with van der Waals surface area (Å²) in [5.74, 6) is 1.51. The first-order valence-electron chi connectivity index (χ1n) is 9.99. The summed E-state index contributed by atoms with van der Waals surface area (Å²) in [5.41, 5.74) is 0.684. The number of fused-ring (bicyclic) bond motifs is 2. The number of hydrogen-bond donors (Lipinski definition) is 1. The van der Waals surface area contributed by atoms with E-state index in [0.717, 1.165) is 41.5 Å². The molecule has 2 fully saturated rings. The second-order valence-corrected chi connectivity index (χ2v) is 9.62. The Morgan fingerprint density at radius 2 is 2.24 bits per heavy atom. The number of nitrogens with zero attached hydrogens (tertiary/aromatic N) is 3. The van der Waals surface area contributed by atoms with Gasteiger partial charge in [0.25, 0.3) is 0 Å². The Labute approximate surface area is 176 Å². The Bertz CT molecular complexity index is 939. The Hall–Kier alpha value is -2.13. The van der Waals surface area contributed by atoms with Gasteiger partial charge in [0.1, 0.15) is 5.69 Å². The van der Waals surface area contributed by atoms with Crippen molar-refractivity contribution in [3.8, 4) is 10.6 Å². The molecule has 3 aliphatic rings. The Balaban J connectivity index is 1.19. The van der Waals surface area contributed by atoms with Crippen molar-refractivity contribution in [1.82, 2.24) is 15.4 Å². The lowest BCUT2D eigenvalue weighted by Crippen LogP contribution is -2.51. The molecule has 1 saturated carbocycles. The first-order chi connectivity index (χ1) is 14.2. The van der Waals surface area contributed by atoms with Crippen molar-refractivity contribution >= 4 is 40.1 Å². The molecule has 2 aromatic heterocycles. The largest absolute Gasteiger partial charge is 0.355 e. The van der Waals surface area contributed by atoms with E-state index in [9.17, 15) is 9.59 Å². The minimum Gasteiger partial charge on any atom is -0.355 e. The van der Waals surface area contributed by atoms with Gasteiger partial charge in [0.2, 0.25) is 11.8 Å². The van der Waals surface area contributed by atoms with Crippen molar-refractivity contribution in [1.29, 1.82) is 0 Å². The molecule has 0 aromatic carbocycles. The SMILES string of the molecule is O=C(CC1CSC2=NC3CCCCC3C(=O)N21)NCc1cc(-c2cccs2)on1. The molecule has 2 aromatic rings. The third kappa shape index (κ3) is 3.73. The van der Waals surface area contributed by atoms with Gasteiger partial charge in [-0.25, -0.2) is 0 Å². The monoisotopic (exact) mass is 430 g/mol. The van der Waals surface area contributed by atoms with Crippen LogP contribution in [0.5, 0.6) is 0 Å². The number of nitrogens with one attached hydrogen (secondary N) is 1. The molecule has 2 aliphatic heterocycles. The minimum atomic E-state index is -0.117. The summed E-state index contributed by atoms with van der Waals surface area (Å²) < 4.78 is 5.35. The van der Waals surface area contributed by atoms with E-state index >= 15 is 0 Å². The van der Waals surface area contributed by atoms with Crippen molar-refractivity contribution < 1.29 is 14.1 Å². The quantitative estimate of drug-likeness (QED) is 0.787. The molecular weight excluding hydrogens is 408 g/mol. The van der Waals surface area contributed by atoms with E-state index in [1.165, 1.54) is 0 Å². The molecule has 4 heterocycles. The van der Waals surface area contributed by atoms with Gasteiger partial charge in [-0.3, -0.25) is 19.5 Å². The third-order valence-corrected chi connectivity index (χ3v) is 7.74. The van der Waals surface area contributed by atoms with Gasteiger partial charge in [0.05, 0.1) is 29.4 Å². The number of hydrogen-bond acceptors (Lipinski definition) is 7. The zero-order chi connectivity index (χ0) is 19.8. The number of carbonyl (C=O) groups is 2. The summed E-state index contributed by atoms with van der Waals surface area (Å²) in [6, 6.07) is 5.80. The van der Waals surface area contributed by atoms with Gasteiger partial charge in [0, 0.05) is 18.2 Å².